The number of carbonyl (C=O) groups excluding carboxylic acids is 2. The molecule has 2 amide bonds. The Bertz CT molecular complexity index is 1610. The Morgan fingerprint density at radius 2 is 1.66 bits per heavy atom. The maximum Gasteiger partial charge on any atom is 0.416 e. The van der Waals surface area contributed by atoms with Crippen LogP contribution >= 0.6 is 0 Å². The number of ether oxygens (including phenoxy) is 1. The summed E-state index contributed by atoms with van der Waals surface area (Å²) in [5.74, 6) is -3.79. The zero-order chi connectivity index (χ0) is 34.9. The van der Waals surface area contributed by atoms with Crippen LogP contribution in [0.25, 0.3) is 11.2 Å². The number of fused-ring (bicyclic) bond motifs is 1. The topological polar surface area (TPSA) is 98.1 Å². The van der Waals surface area contributed by atoms with Crippen molar-refractivity contribution in [3.05, 3.63) is 52.3 Å². The Morgan fingerprint density at radius 1 is 1.00 bits per heavy atom. The molecule has 8 nitrogen and oxygen atoms in total. The molecule has 2 aromatic heterocycles. The molecule has 1 fully saturated rings. The molecule has 1 aliphatic rings. The molecule has 0 radical (unpaired) electrons. The van der Waals surface area contributed by atoms with Gasteiger partial charge in [-0.25, -0.2) is 18.2 Å². The van der Waals surface area contributed by atoms with Gasteiger partial charge in [0.05, 0.1) is 11.5 Å². The number of carbonyl (C=O) groups is 2. The molecule has 4 rings (SSSR count). The fourth-order valence-corrected chi connectivity index (χ4v) is 5.29. The van der Waals surface area contributed by atoms with Crippen LogP contribution in [0.1, 0.15) is 72.4 Å². The van der Waals surface area contributed by atoms with Crippen LogP contribution in [0.4, 0.5) is 39.5 Å². The van der Waals surface area contributed by atoms with Crippen molar-refractivity contribution in [2.45, 2.75) is 83.0 Å². The normalized spacial score (nSPS) is 17.6. The number of amides is 2. The van der Waals surface area contributed by atoms with E-state index in [-0.39, 0.29) is 65.9 Å². The van der Waals surface area contributed by atoms with E-state index in [1.54, 1.807) is 0 Å². The lowest BCUT2D eigenvalue weighted by Crippen LogP contribution is -2.40. The van der Waals surface area contributed by atoms with E-state index in [1.807, 2.05) is 0 Å². The van der Waals surface area contributed by atoms with E-state index in [0.29, 0.717) is 0 Å². The van der Waals surface area contributed by atoms with Crippen molar-refractivity contribution < 1.29 is 53.8 Å². The monoisotopic (exact) mass is 681 g/mol. The number of hydrogen-bond acceptors (Lipinski definition) is 5. The Morgan fingerprint density at radius 3 is 2.23 bits per heavy atom. The van der Waals surface area contributed by atoms with Crippen molar-refractivity contribution in [3.63, 3.8) is 0 Å². The van der Waals surface area contributed by atoms with Crippen LogP contribution in [0.2, 0.25) is 0 Å². The van der Waals surface area contributed by atoms with Gasteiger partial charge in [-0.3, -0.25) is 9.59 Å². The van der Waals surface area contributed by atoms with E-state index in [2.05, 4.69) is 20.6 Å². The number of nitrogens with one attached hydrogen (secondary N) is 2. The quantitative estimate of drug-likeness (QED) is 0.240. The second-order valence-electron chi connectivity index (χ2n) is 11.9. The molecule has 0 unspecified atom stereocenters. The van der Waals surface area contributed by atoms with Crippen molar-refractivity contribution in [2.24, 2.45) is 13.0 Å². The molecule has 17 heteroatoms. The third-order valence-corrected chi connectivity index (χ3v) is 7.84. The van der Waals surface area contributed by atoms with E-state index in [4.69, 9.17) is 4.74 Å². The number of imidazole rings is 1. The van der Waals surface area contributed by atoms with Gasteiger partial charge >= 0.3 is 12.4 Å². The van der Waals surface area contributed by atoms with Gasteiger partial charge in [-0.15, -0.1) is 0 Å². The highest BCUT2D eigenvalue weighted by Crippen LogP contribution is 2.38. The Balaban J connectivity index is 1.65. The zero-order valence-corrected chi connectivity index (χ0v) is 25.5. The van der Waals surface area contributed by atoms with Gasteiger partial charge in [0.25, 0.3) is 18.2 Å². The van der Waals surface area contributed by atoms with E-state index < -0.39 is 72.7 Å². The summed E-state index contributed by atoms with van der Waals surface area (Å²) in [6.45, 7) is 0.657. The number of alkyl halides is 9. The molecule has 3 aromatic rings. The predicted octanol–water partition coefficient (Wildman–Crippen LogP) is 6.44. The molecule has 2 heterocycles. The minimum atomic E-state index is -4.78. The van der Waals surface area contributed by atoms with E-state index >= 15 is 0 Å². The van der Waals surface area contributed by atoms with Gasteiger partial charge in [-0.05, 0) is 62.8 Å². The minimum Gasteiger partial charge on any atom is -0.471 e. The molecule has 0 atom stereocenters. The SMILES string of the molecule is Cn1c(Cc2cc(CNC(=O)C(C)(C)F)ccc2C(F)(F)F)nc2cc(C(=O)NC3CCC(C(F)(F)F)CC3)c(OCC(F)F)nc21. The average molecular weight is 682 g/mol. The van der Waals surface area contributed by atoms with Crippen LogP contribution < -0.4 is 15.4 Å². The van der Waals surface area contributed by atoms with Gasteiger partial charge in [-0.1, -0.05) is 12.1 Å². The summed E-state index contributed by atoms with van der Waals surface area (Å²) < 4.78 is 127. The van der Waals surface area contributed by atoms with Gasteiger partial charge in [0.2, 0.25) is 5.88 Å². The lowest BCUT2D eigenvalue weighted by Gasteiger charge is -2.30. The van der Waals surface area contributed by atoms with Crippen LogP contribution in [0.3, 0.4) is 0 Å². The van der Waals surface area contributed by atoms with Crippen LogP contribution in [0.5, 0.6) is 5.88 Å². The highest BCUT2D eigenvalue weighted by Gasteiger charge is 2.42. The smallest absolute Gasteiger partial charge is 0.416 e. The van der Waals surface area contributed by atoms with E-state index in [1.165, 1.54) is 23.7 Å². The number of hydrogen-bond donors (Lipinski definition) is 2. The third-order valence-electron chi connectivity index (χ3n) is 7.84. The van der Waals surface area contributed by atoms with Gasteiger partial charge in [-0.2, -0.15) is 31.3 Å². The van der Waals surface area contributed by atoms with Crippen LogP contribution in [0.15, 0.2) is 24.3 Å². The van der Waals surface area contributed by atoms with Crippen LogP contribution in [0, 0.1) is 5.92 Å². The number of aryl methyl sites for hydroxylation is 1. The van der Waals surface area contributed by atoms with Gasteiger partial charge < -0.3 is 19.9 Å². The molecule has 1 aromatic carbocycles. The Kier molecular flexibility index (Phi) is 10.3. The Labute approximate surface area is 263 Å². The van der Waals surface area contributed by atoms with Crippen molar-refractivity contribution in [3.8, 4) is 5.88 Å². The van der Waals surface area contributed by atoms with Crippen molar-refractivity contribution in [2.75, 3.05) is 6.61 Å². The predicted molar refractivity (Wildman–Crippen MR) is 151 cm³/mol. The Hall–Kier alpha value is -4.05. The lowest BCUT2D eigenvalue weighted by atomic mass is 9.85. The largest absolute Gasteiger partial charge is 0.471 e. The highest BCUT2D eigenvalue weighted by atomic mass is 19.4. The number of nitrogens with zero attached hydrogens (tertiary/aromatic N) is 3. The van der Waals surface area contributed by atoms with Crippen LogP contribution in [-0.2, 0) is 31.0 Å². The molecule has 1 aliphatic carbocycles. The van der Waals surface area contributed by atoms with E-state index in [0.717, 1.165) is 26.0 Å². The molecule has 1 saturated carbocycles. The molecule has 2 N–H and O–H groups in total. The second kappa shape index (κ2) is 13.6. The summed E-state index contributed by atoms with van der Waals surface area (Å²) >= 11 is 0. The van der Waals surface area contributed by atoms with Crippen LogP contribution in [-0.4, -0.2) is 57.3 Å². The highest BCUT2D eigenvalue weighted by molar-refractivity contribution is 5.99. The maximum absolute atomic E-state index is 13.9. The first-order valence-corrected chi connectivity index (χ1v) is 14.5. The number of benzene rings is 1. The number of aromatic nitrogens is 3. The second-order valence-corrected chi connectivity index (χ2v) is 11.9. The van der Waals surface area contributed by atoms with Crippen molar-refractivity contribution in [1.29, 1.82) is 0 Å². The van der Waals surface area contributed by atoms with Crippen molar-refractivity contribution in [1.82, 2.24) is 25.2 Å². The summed E-state index contributed by atoms with van der Waals surface area (Å²) in [6, 6.07) is 3.68. The zero-order valence-electron chi connectivity index (χ0n) is 25.5. The summed E-state index contributed by atoms with van der Waals surface area (Å²) in [4.78, 5) is 33.6. The summed E-state index contributed by atoms with van der Waals surface area (Å²) in [6.07, 6.45) is -12.8. The summed E-state index contributed by atoms with van der Waals surface area (Å²) in [5.41, 5.74) is -3.54. The fourth-order valence-electron chi connectivity index (χ4n) is 5.29. The molecule has 258 valence electrons. The number of pyridine rings is 1. The first kappa shape index (κ1) is 35.8. The molecule has 47 heavy (non-hydrogen) atoms. The van der Waals surface area contributed by atoms with Gasteiger partial charge in [0.15, 0.2) is 17.9 Å². The molecule has 0 saturated heterocycles. The number of rotatable bonds is 10. The molecular weight excluding hydrogens is 649 g/mol. The fraction of sp³-hybridized carbons (Fsp3) is 0.533. The first-order valence-electron chi connectivity index (χ1n) is 14.5. The molecule has 0 bridgehead atoms. The molecule has 0 spiro atoms. The third kappa shape index (κ3) is 8.86. The van der Waals surface area contributed by atoms with E-state index in [9.17, 15) is 49.1 Å². The molecular formula is C30H32F9N5O3. The van der Waals surface area contributed by atoms with Crippen molar-refractivity contribution >= 4 is 23.0 Å². The average Bonchev–Trinajstić information content (AvgIpc) is 3.26. The number of halogens is 9. The minimum absolute atomic E-state index is 0.00587. The first-order chi connectivity index (χ1) is 21.7. The van der Waals surface area contributed by atoms with Gasteiger partial charge in [0, 0.05) is 26.1 Å². The lowest BCUT2D eigenvalue weighted by molar-refractivity contribution is -0.182. The summed E-state index contributed by atoms with van der Waals surface area (Å²) in [5, 5.41) is 4.91. The molecule has 0 aliphatic heterocycles. The standard InChI is InChI=1S/C30H32F9N5O3/c1-28(2,33)27(46)40-13-15-4-9-20(30(37,38)39)16(10-15)11-23-42-21-12-19(26(47-14-22(31)32)43-24(21)44(23)3)25(45)41-18-7-5-17(6-8-18)29(34,35)36/h4,9-10,12,17-18,22H,5-8,11,13-14H2,1-3H3,(H,40,46)(H,41,45). The van der Waals surface area contributed by atoms with Gasteiger partial charge in [0.1, 0.15) is 16.9 Å². The summed E-state index contributed by atoms with van der Waals surface area (Å²) in [7, 11) is 1.41. The maximum atomic E-state index is 13.9.